The van der Waals surface area contributed by atoms with E-state index in [-0.39, 0.29) is 5.82 Å². The molecule has 0 aliphatic heterocycles. The Morgan fingerprint density at radius 1 is 1.32 bits per heavy atom. The zero-order valence-corrected chi connectivity index (χ0v) is 12.8. The molecule has 0 aliphatic rings. The van der Waals surface area contributed by atoms with Crippen LogP contribution in [0.25, 0.3) is 0 Å². The lowest BCUT2D eigenvalue weighted by Gasteiger charge is -2.18. The summed E-state index contributed by atoms with van der Waals surface area (Å²) in [5.74, 6) is 0.460. The van der Waals surface area contributed by atoms with Crippen LogP contribution in [-0.4, -0.2) is 38.1 Å². The molecule has 0 aliphatic carbocycles. The summed E-state index contributed by atoms with van der Waals surface area (Å²) in [6.07, 6.45) is 0.645. The number of rotatable bonds is 8. The van der Waals surface area contributed by atoms with E-state index in [0.29, 0.717) is 22.9 Å². The molecule has 1 aromatic rings. The molecule has 0 saturated carbocycles. The van der Waals surface area contributed by atoms with E-state index in [1.807, 2.05) is 7.05 Å². The van der Waals surface area contributed by atoms with E-state index in [0.717, 1.165) is 26.2 Å². The Bertz CT molecular complexity index is 362. The van der Waals surface area contributed by atoms with E-state index < -0.39 is 0 Å². The van der Waals surface area contributed by atoms with Gasteiger partial charge in [-0.15, -0.1) is 0 Å². The number of nitrogens with zero attached hydrogens (tertiary/aromatic N) is 1. The standard InChI is InChI=1S/C15H24ClFN2/c1-12(2)11-18-8-10-19(3)9-7-13-14(16)5-4-6-15(13)17/h4-6,12,18H,7-11H2,1-3H3. The van der Waals surface area contributed by atoms with Crippen LogP contribution in [0, 0.1) is 11.7 Å². The van der Waals surface area contributed by atoms with Gasteiger partial charge in [-0.05, 0) is 38.1 Å². The number of hydrogen-bond donors (Lipinski definition) is 1. The van der Waals surface area contributed by atoms with Crippen LogP contribution < -0.4 is 5.32 Å². The van der Waals surface area contributed by atoms with Gasteiger partial charge in [0.1, 0.15) is 5.82 Å². The van der Waals surface area contributed by atoms with Gasteiger partial charge in [0, 0.05) is 30.2 Å². The van der Waals surface area contributed by atoms with Gasteiger partial charge in [-0.1, -0.05) is 31.5 Å². The molecular weight excluding hydrogens is 263 g/mol. The Hall–Kier alpha value is -0.640. The van der Waals surface area contributed by atoms with Gasteiger partial charge in [0.05, 0.1) is 0 Å². The van der Waals surface area contributed by atoms with Gasteiger partial charge in [0.25, 0.3) is 0 Å². The molecule has 0 unspecified atom stereocenters. The predicted octanol–water partition coefficient (Wildman–Crippen LogP) is 3.20. The third-order valence-corrected chi connectivity index (χ3v) is 3.38. The van der Waals surface area contributed by atoms with Gasteiger partial charge in [-0.2, -0.15) is 0 Å². The molecule has 0 heterocycles. The van der Waals surface area contributed by atoms with Crippen molar-refractivity contribution in [2.45, 2.75) is 20.3 Å². The van der Waals surface area contributed by atoms with Crippen molar-refractivity contribution in [1.82, 2.24) is 10.2 Å². The number of hydrogen-bond acceptors (Lipinski definition) is 2. The van der Waals surface area contributed by atoms with Crippen molar-refractivity contribution in [2.24, 2.45) is 5.92 Å². The minimum atomic E-state index is -0.209. The Balaban J connectivity index is 2.28. The van der Waals surface area contributed by atoms with Crippen LogP contribution in [0.15, 0.2) is 18.2 Å². The maximum Gasteiger partial charge on any atom is 0.127 e. The van der Waals surface area contributed by atoms with E-state index in [2.05, 4.69) is 24.1 Å². The number of benzene rings is 1. The van der Waals surface area contributed by atoms with Crippen molar-refractivity contribution in [3.63, 3.8) is 0 Å². The van der Waals surface area contributed by atoms with Crippen LogP contribution in [0.5, 0.6) is 0 Å². The maximum atomic E-state index is 13.6. The summed E-state index contributed by atoms with van der Waals surface area (Å²) in [6.45, 7) is 8.14. The lowest BCUT2D eigenvalue weighted by Crippen LogP contribution is -2.32. The van der Waals surface area contributed by atoms with Crippen LogP contribution in [0.3, 0.4) is 0 Å². The number of nitrogens with one attached hydrogen (secondary N) is 1. The smallest absolute Gasteiger partial charge is 0.127 e. The van der Waals surface area contributed by atoms with E-state index >= 15 is 0 Å². The third-order valence-electron chi connectivity index (χ3n) is 3.03. The molecule has 0 amide bonds. The SMILES string of the molecule is CC(C)CNCCN(C)CCc1c(F)cccc1Cl. The first-order valence-electron chi connectivity index (χ1n) is 6.83. The third kappa shape index (κ3) is 6.37. The van der Waals surface area contributed by atoms with Crippen molar-refractivity contribution >= 4 is 11.6 Å². The molecule has 0 aromatic heterocycles. The van der Waals surface area contributed by atoms with Gasteiger partial charge in [0.15, 0.2) is 0 Å². The molecule has 0 radical (unpaired) electrons. The molecule has 4 heteroatoms. The highest BCUT2D eigenvalue weighted by Gasteiger charge is 2.08. The fraction of sp³-hybridized carbons (Fsp3) is 0.600. The minimum Gasteiger partial charge on any atom is -0.315 e. The molecule has 1 rings (SSSR count). The van der Waals surface area contributed by atoms with Gasteiger partial charge in [0.2, 0.25) is 0 Å². The van der Waals surface area contributed by atoms with Crippen molar-refractivity contribution < 1.29 is 4.39 Å². The molecular formula is C15H24ClFN2. The normalized spacial score (nSPS) is 11.5. The van der Waals surface area contributed by atoms with Crippen molar-refractivity contribution in [3.8, 4) is 0 Å². The highest BCUT2D eigenvalue weighted by molar-refractivity contribution is 6.31. The van der Waals surface area contributed by atoms with E-state index in [9.17, 15) is 4.39 Å². The second kappa shape index (κ2) is 8.51. The Morgan fingerprint density at radius 3 is 2.68 bits per heavy atom. The highest BCUT2D eigenvalue weighted by Crippen LogP contribution is 2.19. The Labute approximate surface area is 120 Å². The highest BCUT2D eigenvalue weighted by atomic mass is 35.5. The molecule has 0 atom stereocenters. The van der Waals surface area contributed by atoms with Crippen LogP contribution in [-0.2, 0) is 6.42 Å². The maximum absolute atomic E-state index is 13.6. The number of likely N-dealkylation sites (N-methyl/N-ethyl adjacent to an activating group) is 1. The molecule has 0 fully saturated rings. The van der Waals surface area contributed by atoms with Gasteiger partial charge >= 0.3 is 0 Å². The fourth-order valence-corrected chi connectivity index (χ4v) is 2.10. The first-order chi connectivity index (χ1) is 9.00. The first kappa shape index (κ1) is 16.4. The summed E-state index contributed by atoms with van der Waals surface area (Å²) in [4.78, 5) is 2.19. The predicted molar refractivity (Wildman–Crippen MR) is 80.3 cm³/mol. The lowest BCUT2D eigenvalue weighted by molar-refractivity contribution is 0.331. The van der Waals surface area contributed by atoms with Crippen LogP contribution in [0.2, 0.25) is 5.02 Å². The monoisotopic (exact) mass is 286 g/mol. The van der Waals surface area contributed by atoms with Crippen LogP contribution in [0.1, 0.15) is 19.4 Å². The molecule has 0 saturated heterocycles. The van der Waals surface area contributed by atoms with E-state index in [1.165, 1.54) is 6.07 Å². The Morgan fingerprint density at radius 2 is 2.05 bits per heavy atom. The molecule has 0 spiro atoms. The molecule has 19 heavy (non-hydrogen) atoms. The lowest BCUT2D eigenvalue weighted by atomic mass is 10.1. The van der Waals surface area contributed by atoms with Crippen LogP contribution in [0.4, 0.5) is 4.39 Å². The van der Waals surface area contributed by atoms with Gasteiger partial charge in [-0.25, -0.2) is 4.39 Å². The molecule has 2 nitrogen and oxygen atoms in total. The Kier molecular flexibility index (Phi) is 7.36. The summed E-state index contributed by atoms with van der Waals surface area (Å²) in [6, 6.07) is 4.84. The summed E-state index contributed by atoms with van der Waals surface area (Å²) in [5, 5.41) is 3.91. The second-order valence-corrected chi connectivity index (χ2v) is 5.76. The summed E-state index contributed by atoms with van der Waals surface area (Å²) in [7, 11) is 2.05. The van der Waals surface area contributed by atoms with Gasteiger partial charge in [-0.3, -0.25) is 0 Å². The van der Waals surface area contributed by atoms with Crippen LogP contribution >= 0.6 is 11.6 Å². The largest absolute Gasteiger partial charge is 0.315 e. The average Bonchev–Trinajstić information content (AvgIpc) is 2.34. The summed E-state index contributed by atoms with van der Waals surface area (Å²) in [5.41, 5.74) is 0.617. The van der Waals surface area contributed by atoms with Crippen molar-refractivity contribution in [3.05, 3.63) is 34.6 Å². The van der Waals surface area contributed by atoms with Crippen molar-refractivity contribution in [2.75, 3.05) is 33.2 Å². The summed E-state index contributed by atoms with van der Waals surface area (Å²) < 4.78 is 13.6. The zero-order chi connectivity index (χ0) is 14.3. The first-order valence-corrected chi connectivity index (χ1v) is 7.20. The van der Waals surface area contributed by atoms with Crippen molar-refractivity contribution in [1.29, 1.82) is 0 Å². The second-order valence-electron chi connectivity index (χ2n) is 5.35. The molecule has 1 N–H and O–H groups in total. The number of halogens is 2. The minimum absolute atomic E-state index is 0.209. The average molecular weight is 287 g/mol. The molecule has 0 bridgehead atoms. The topological polar surface area (TPSA) is 15.3 Å². The zero-order valence-electron chi connectivity index (χ0n) is 12.0. The van der Waals surface area contributed by atoms with E-state index in [1.54, 1.807) is 12.1 Å². The molecule has 108 valence electrons. The fourth-order valence-electron chi connectivity index (χ4n) is 1.85. The van der Waals surface area contributed by atoms with Gasteiger partial charge < -0.3 is 10.2 Å². The van der Waals surface area contributed by atoms with E-state index in [4.69, 9.17) is 11.6 Å². The molecule has 1 aromatic carbocycles. The summed E-state index contributed by atoms with van der Waals surface area (Å²) >= 11 is 6.00. The quantitative estimate of drug-likeness (QED) is 0.738.